The maximum Gasteiger partial charge on any atom is 0.262 e. The Bertz CT molecular complexity index is 764. The Kier molecular flexibility index (Phi) is 5.65. The van der Waals surface area contributed by atoms with Gasteiger partial charge in [0, 0.05) is 12.7 Å². The molecule has 1 aromatic heterocycles. The summed E-state index contributed by atoms with van der Waals surface area (Å²) >= 11 is 0. The zero-order valence-corrected chi connectivity index (χ0v) is 16.0. The van der Waals surface area contributed by atoms with E-state index in [2.05, 4.69) is 38.1 Å². The second-order valence-corrected chi connectivity index (χ2v) is 7.54. The summed E-state index contributed by atoms with van der Waals surface area (Å²) in [5.41, 5.74) is 2.41. The van der Waals surface area contributed by atoms with Crippen molar-refractivity contribution in [3.63, 3.8) is 0 Å². The highest BCUT2D eigenvalue weighted by Crippen LogP contribution is 2.36. The van der Waals surface area contributed by atoms with Crippen molar-refractivity contribution in [3.8, 4) is 0 Å². The van der Waals surface area contributed by atoms with E-state index in [4.69, 9.17) is 0 Å². The summed E-state index contributed by atoms with van der Waals surface area (Å²) in [4.78, 5) is 12.6. The van der Waals surface area contributed by atoms with Crippen LogP contribution < -0.4 is 5.32 Å². The van der Waals surface area contributed by atoms with Crippen LogP contribution >= 0.6 is 0 Å². The normalized spacial score (nSPS) is 12.9. The monoisotopic (exact) mass is 345 g/mol. The van der Waals surface area contributed by atoms with E-state index in [0.717, 1.165) is 28.8 Å². The van der Waals surface area contributed by atoms with Crippen LogP contribution in [0.5, 0.6) is 0 Å². The molecule has 1 N–H and O–H groups in total. The minimum atomic E-state index is -0.618. The zero-order valence-electron chi connectivity index (χ0n) is 16.0. The highest BCUT2D eigenvalue weighted by molar-refractivity contribution is 6.05. The maximum absolute atomic E-state index is 14.1. The Morgan fingerprint density at radius 3 is 2.56 bits per heavy atom. The van der Waals surface area contributed by atoms with Crippen LogP contribution in [-0.4, -0.2) is 15.7 Å². The van der Waals surface area contributed by atoms with Crippen molar-refractivity contribution < 1.29 is 9.18 Å². The summed E-state index contributed by atoms with van der Waals surface area (Å²) in [5, 5.41) is 6.85. The fourth-order valence-corrected chi connectivity index (χ4v) is 3.20. The van der Waals surface area contributed by atoms with E-state index >= 15 is 0 Å². The predicted molar refractivity (Wildman–Crippen MR) is 99.4 cm³/mol. The van der Waals surface area contributed by atoms with Gasteiger partial charge in [0.2, 0.25) is 5.95 Å². The Balaban J connectivity index is 2.27. The summed E-state index contributed by atoms with van der Waals surface area (Å²) in [6.07, 6.45) is 2.10. The van der Waals surface area contributed by atoms with Gasteiger partial charge in [-0.15, -0.1) is 0 Å². The van der Waals surface area contributed by atoms with Crippen molar-refractivity contribution >= 4 is 11.6 Å². The molecule has 1 heterocycles. The molecule has 0 saturated carbocycles. The molecule has 0 aliphatic rings. The Morgan fingerprint density at radius 2 is 2.00 bits per heavy atom. The average molecular weight is 345 g/mol. The molecule has 1 amide bonds. The van der Waals surface area contributed by atoms with Crippen molar-refractivity contribution in [2.75, 3.05) is 5.32 Å². The SMILES string of the molecule is CCC(C)(C)CC(C)c1ccccc1NC(=O)c1c(C)nn(C)c1F. The quantitative estimate of drug-likeness (QED) is 0.796. The molecule has 0 spiro atoms. The van der Waals surface area contributed by atoms with Gasteiger partial charge in [-0.05, 0) is 36.3 Å². The molecule has 1 atom stereocenters. The van der Waals surface area contributed by atoms with Crippen LogP contribution in [0.3, 0.4) is 0 Å². The van der Waals surface area contributed by atoms with Gasteiger partial charge in [0.15, 0.2) is 0 Å². The molecule has 1 unspecified atom stereocenters. The fraction of sp³-hybridized carbons (Fsp3) is 0.500. The lowest BCUT2D eigenvalue weighted by molar-refractivity contribution is 0.102. The minimum absolute atomic E-state index is 0.00107. The van der Waals surface area contributed by atoms with Crippen LogP contribution in [0, 0.1) is 18.3 Å². The van der Waals surface area contributed by atoms with Gasteiger partial charge in [0.25, 0.3) is 5.91 Å². The fourth-order valence-electron chi connectivity index (χ4n) is 3.20. The number of halogens is 1. The second-order valence-electron chi connectivity index (χ2n) is 7.54. The number of nitrogens with zero attached hydrogens (tertiary/aromatic N) is 2. The van der Waals surface area contributed by atoms with Gasteiger partial charge in [-0.3, -0.25) is 4.79 Å². The summed E-state index contributed by atoms with van der Waals surface area (Å²) in [6.45, 7) is 10.5. The van der Waals surface area contributed by atoms with Gasteiger partial charge >= 0.3 is 0 Å². The molecule has 0 radical (unpaired) electrons. The number of para-hydroxylation sites is 1. The first-order valence-electron chi connectivity index (χ1n) is 8.75. The number of benzene rings is 1. The molecular formula is C20H28FN3O. The molecule has 5 heteroatoms. The van der Waals surface area contributed by atoms with E-state index in [1.54, 1.807) is 6.92 Å². The predicted octanol–water partition coefficient (Wildman–Crippen LogP) is 5.05. The Hall–Kier alpha value is -2.17. The number of carbonyl (C=O) groups is 1. The highest BCUT2D eigenvalue weighted by Gasteiger charge is 2.24. The standard InChI is InChI=1S/C20H28FN3O/c1-7-20(4,5)12-13(2)15-10-8-9-11-16(15)22-19(25)17-14(3)23-24(6)18(17)21/h8-11,13H,7,12H2,1-6H3,(H,22,25). The van der Waals surface area contributed by atoms with Crippen molar-refractivity contribution in [1.82, 2.24) is 9.78 Å². The summed E-state index contributed by atoms with van der Waals surface area (Å²) in [7, 11) is 1.49. The van der Waals surface area contributed by atoms with Gasteiger partial charge < -0.3 is 5.32 Å². The summed E-state index contributed by atoms with van der Waals surface area (Å²) in [6, 6.07) is 7.74. The largest absolute Gasteiger partial charge is 0.322 e. The van der Waals surface area contributed by atoms with E-state index in [0.29, 0.717) is 5.69 Å². The average Bonchev–Trinajstić information content (AvgIpc) is 2.80. The molecule has 25 heavy (non-hydrogen) atoms. The van der Waals surface area contributed by atoms with Crippen LogP contribution in [0.15, 0.2) is 24.3 Å². The third-order valence-corrected chi connectivity index (χ3v) is 4.94. The number of carbonyl (C=O) groups excluding carboxylic acids is 1. The molecular weight excluding hydrogens is 317 g/mol. The number of nitrogens with one attached hydrogen (secondary N) is 1. The number of aromatic nitrogens is 2. The molecule has 4 nitrogen and oxygen atoms in total. The summed E-state index contributed by atoms with van der Waals surface area (Å²) in [5.74, 6) is -0.795. The van der Waals surface area contributed by atoms with Crippen molar-refractivity contribution in [2.45, 2.75) is 53.4 Å². The van der Waals surface area contributed by atoms with Gasteiger partial charge in [-0.1, -0.05) is 52.3 Å². The topological polar surface area (TPSA) is 46.9 Å². The number of anilines is 1. The number of aryl methyl sites for hydroxylation is 2. The maximum atomic E-state index is 14.1. The van der Waals surface area contributed by atoms with Gasteiger partial charge in [0.05, 0.1) is 5.69 Å². The first kappa shape index (κ1) is 19.2. The van der Waals surface area contributed by atoms with Crippen molar-refractivity contribution in [1.29, 1.82) is 0 Å². The molecule has 2 rings (SSSR count). The van der Waals surface area contributed by atoms with Gasteiger partial charge in [-0.25, -0.2) is 4.68 Å². The third-order valence-electron chi connectivity index (χ3n) is 4.94. The van der Waals surface area contributed by atoms with E-state index in [1.807, 2.05) is 24.3 Å². The zero-order chi connectivity index (χ0) is 18.8. The molecule has 0 bridgehead atoms. The van der Waals surface area contributed by atoms with E-state index in [-0.39, 0.29) is 16.9 Å². The first-order valence-corrected chi connectivity index (χ1v) is 8.75. The smallest absolute Gasteiger partial charge is 0.262 e. The molecule has 2 aromatic rings. The van der Waals surface area contributed by atoms with Crippen molar-refractivity contribution in [3.05, 3.63) is 47.0 Å². The van der Waals surface area contributed by atoms with E-state index < -0.39 is 11.9 Å². The third kappa shape index (κ3) is 4.27. The lowest BCUT2D eigenvalue weighted by atomic mass is 9.78. The van der Waals surface area contributed by atoms with E-state index in [9.17, 15) is 9.18 Å². The number of rotatable bonds is 6. The lowest BCUT2D eigenvalue weighted by Gasteiger charge is -2.28. The van der Waals surface area contributed by atoms with Gasteiger partial charge in [0.1, 0.15) is 5.56 Å². The Morgan fingerprint density at radius 1 is 1.36 bits per heavy atom. The minimum Gasteiger partial charge on any atom is -0.322 e. The molecule has 1 aromatic carbocycles. The highest BCUT2D eigenvalue weighted by atomic mass is 19.1. The van der Waals surface area contributed by atoms with E-state index in [1.165, 1.54) is 7.05 Å². The van der Waals surface area contributed by atoms with Crippen LogP contribution in [0.1, 0.15) is 68.1 Å². The Labute approximate surface area is 149 Å². The van der Waals surface area contributed by atoms with Crippen molar-refractivity contribution in [2.24, 2.45) is 12.5 Å². The first-order chi connectivity index (χ1) is 11.7. The molecule has 0 saturated heterocycles. The number of hydrogen-bond acceptors (Lipinski definition) is 2. The van der Waals surface area contributed by atoms with Crippen LogP contribution in [0.4, 0.5) is 10.1 Å². The lowest BCUT2D eigenvalue weighted by Crippen LogP contribution is -2.18. The number of amides is 1. The van der Waals surface area contributed by atoms with Gasteiger partial charge in [-0.2, -0.15) is 9.49 Å². The molecule has 0 fully saturated rings. The second kappa shape index (κ2) is 7.38. The molecule has 136 valence electrons. The molecule has 0 aliphatic heterocycles. The van der Waals surface area contributed by atoms with Crippen LogP contribution in [0.2, 0.25) is 0 Å². The van der Waals surface area contributed by atoms with Crippen LogP contribution in [-0.2, 0) is 7.05 Å². The molecule has 0 aliphatic carbocycles. The summed E-state index contributed by atoms with van der Waals surface area (Å²) < 4.78 is 15.2. The van der Waals surface area contributed by atoms with Crippen LogP contribution in [0.25, 0.3) is 0 Å². The number of hydrogen-bond donors (Lipinski definition) is 1.